The van der Waals surface area contributed by atoms with Gasteiger partial charge >= 0.3 is 12.1 Å². The van der Waals surface area contributed by atoms with Crippen LogP contribution in [0, 0.1) is 0 Å². The van der Waals surface area contributed by atoms with Crippen LogP contribution in [0.4, 0.5) is 4.79 Å². The van der Waals surface area contributed by atoms with Crippen molar-refractivity contribution in [2.75, 3.05) is 13.1 Å². The lowest BCUT2D eigenvalue weighted by atomic mass is 10.1. The molecule has 2 atom stereocenters. The van der Waals surface area contributed by atoms with Gasteiger partial charge in [0.1, 0.15) is 24.4 Å². The fourth-order valence-corrected chi connectivity index (χ4v) is 3.36. The van der Waals surface area contributed by atoms with E-state index in [1.807, 2.05) is 30.3 Å². The number of amides is 4. The van der Waals surface area contributed by atoms with Crippen LogP contribution in [0.5, 0.6) is 5.75 Å². The van der Waals surface area contributed by atoms with E-state index in [0.29, 0.717) is 12.0 Å². The third-order valence-electron chi connectivity index (χ3n) is 5.50. The molecule has 39 heavy (non-hydrogen) atoms. The van der Waals surface area contributed by atoms with E-state index >= 15 is 0 Å². The zero-order valence-electron chi connectivity index (χ0n) is 21.6. The molecule has 12 nitrogen and oxygen atoms in total. The first-order chi connectivity index (χ1) is 18.6. The molecule has 0 aliphatic heterocycles. The van der Waals surface area contributed by atoms with Crippen molar-refractivity contribution < 1.29 is 38.9 Å². The van der Waals surface area contributed by atoms with Gasteiger partial charge in [-0.1, -0.05) is 42.5 Å². The molecule has 0 heterocycles. The zero-order valence-corrected chi connectivity index (χ0v) is 21.6. The average molecular weight is 543 g/mol. The van der Waals surface area contributed by atoms with Gasteiger partial charge in [-0.2, -0.15) is 0 Å². The predicted molar refractivity (Wildman–Crippen MR) is 140 cm³/mol. The van der Waals surface area contributed by atoms with E-state index in [-0.39, 0.29) is 50.6 Å². The Morgan fingerprint density at radius 1 is 0.821 bits per heavy atom. The van der Waals surface area contributed by atoms with Gasteiger partial charge in [-0.15, -0.1) is 0 Å². The van der Waals surface area contributed by atoms with Crippen LogP contribution >= 0.6 is 0 Å². The highest BCUT2D eigenvalue weighted by atomic mass is 16.5. The number of aromatic hydroxyl groups is 1. The van der Waals surface area contributed by atoms with Crippen LogP contribution in [0.25, 0.3) is 0 Å². The van der Waals surface area contributed by atoms with E-state index < -0.39 is 36.0 Å². The molecule has 0 radical (unpaired) electrons. The number of rotatable bonds is 15. The van der Waals surface area contributed by atoms with Crippen LogP contribution in [0.1, 0.15) is 37.3 Å². The van der Waals surface area contributed by atoms with Crippen molar-refractivity contribution in [3.05, 3.63) is 65.7 Å². The number of carboxylic acids is 1. The Labute approximate surface area is 226 Å². The summed E-state index contributed by atoms with van der Waals surface area (Å²) in [6.07, 6.45) is -0.349. The topological polar surface area (TPSA) is 183 Å². The van der Waals surface area contributed by atoms with Crippen LogP contribution in [0.2, 0.25) is 0 Å². The summed E-state index contributed by atoms with van der Waals surface area (Å²) in [6, 6.07) is 13.1. The van der Waals surface area contributed by atoms with Crippen LogP contribution in [0.3, 0.4) is 0 Å². The van der Waals surface area contributed by atoms with Gasteiger partial charge in [0.2, 0.25) is 17.7 Å². The summed E-state index contributed by atoms with van der Waals surface area (Å²) in [5, 5.41) is 28.7. The van der Waals surface area contributed by atoms with Crippen molar-refractivity contribution in [1.82, 2.24) is 21.3 Å². The molecule has 0 fully saturated rings. The quantitative estimate of drug-likeness (QED) is 0.182. The molecule has 0 aromatic heterocycles. The van der Waals surface area contributed by atoms with E-state index in [1.54, 1.807) is 12.1 Å². The Bertz CT molecular complexity index is 1110. The van der Waals surface area contributed by atoms with Crippen LogP contribution in [-0.4, -0.2) is 65.2 Å². The monoisotopic (exact) mass is 542 g/mol. The molecule has 0 saturated heterocycles. The van der Waals surface area contributed by atoms with Crippen molar-refractivity contribution in [2.24, 2.45) is 0 Å². The van der Waals surface area contributed by atoms with Crippen molar-refractivity contribution >= 4 is 29.8 Å². The van der Waals surface area contributed by atoms with Gasteiger partial charge in [-0.05, 0) is 36.6 Å². The van der Waals surface area contributed by atoms with Gasteiger partial charge in [-0.25, -0.2) is 9.59 Å². The van der Waals surface area contributed by atoms with Gasteiger partial charge in [0, 0.05) is 32.4 Å². The van der Waals surface area contributed by atoms with E-state index in [4.69, 9.17) is 4.74 Å². The molecule has 0 spiro atoms. The van der Waals surface area contributed by atoms with Gasteiger partial charge in [-0.3, -0.25) is 14.4 Å². The standard InChI is InChI=1S/C27H34N4O8/c1-18(30-27(38)39-17-20-6-3-2-4-7-20)25(35)29-14-5-8-23(33)28-15-13-24(34)31-22(26(36)37)16-19-9-11-21(32)12-10-19/h2-4,6-7,9-12,18,22,32H,5,8,13-17H2,1H3,(H,28,33)(H,29,35)(H,30,38)(H,31,34)(H,36,37)/t18-,22-/m0/s1. The molecular formula is C27H34N4O8. The lowest BCUT2D eigenvalue weighted by molar-refractivity contribution is -0.141. The molecule has 210 valence electrons. The lowest BCUT2D eigenvalue weighted by Crippen LogP contribution is -2.45. The minimum absolute atomic E-state index is 0.0224. The number of nitrogens with one attached hydrogen (secondary N) is 4. The highest BCUT2D eigenvalue weighted by Crippen LogP contribution is 2.11. The molecule has 0 aliphatic rings. The Morgan fingerprint density at radius 3 is 2.18 bits per heavy atom. The molecule has 2 rings (SSSR count). The molecule has 2 aromatic rings. The smallest absolute Gasteiger partial charge is 0.408 e. The number of ether oxygens (including phenoxy) is 1. The fourth-order valence-electron chi connectivity index (χ4n) is 3.36. The number of phenolic OH excluding ortho intramolecular Hbond substituents is 1. The second kappa shape index (κ2) is 16.3. The average Bonchev–Trinajstić information content (AvgIpc) is 2.91. The summed E-state index contributed by atoms with van der Waals surface area (Å²) in [5.74, 6) is -2.43. The number of hydrogen-bond donors (Lipinski definition) is 6. The maximum absolute atomic E-state index is 12.1. The first kappa shape index (κ1) is 30.6. The number of benzene rings is 2. The van der Waals surface area contributed by atoms with Crippen molar-refractivity contribution in [1.29, 1.82) is 0 Å². The zero-order chi connectivity index (χ0) is 28.6. The fraction of sp³-hybridized carbons (Fsp3) is 0.370. The number of alkyl carbamates (subject to hydrolysis) is 1. The highest BCUT2D eigenvalue weighted by Gasteiger charge is 2.20. The van der Waals surface area contributed by atoms with Crippen molar-refractivity contribution in [2.45, 2.75) is 51.3 Å². The minimum Gasteiger partial charge on any atom is -0.508 e. The van der Waals surface area contributed by atoms with Gasteiger partial charge in [0.25, 0.3) is 0 Å². The van der Waals surface area contributed by atoms with Gasteiger partial charge < -0.3 is 36.2 Å². The van der Waals surface area contributed by atoms with Gasteiger partial charge in [0.05, 0.1) is 0 Å². The molecule has 0 saturated carbocycles. The number of carbonyl (C=O) groups is 5. The molecule has 0 bridgehead atoms. The van der Waals surface area contributed by atoms with Gasteiger partial charge in [0.15, 0.2) is 0 Å². The first-order valence-electron chi connectivity index (χ1n) is 12.5. The normalized spacial score (nSPS) is 11.9. The van der Waals surface area contributed by atoms with E-state index in [9.17, 15) is 34.2 Å². The van der Waals surface area contributed by atoms with Crippen LogP contribution in [-0.2, 0) is 36.9 Å². The molecule has 0 aliphatic carbocycles. The third-order valence-corrected chi connectivity index (χ3v) is 5.50. The first-order valence-corrected chi connectivity index (χ1v) is 12.5. The summed E-state index contributed by atoms with van der Waals surface area (Å²) >= 11 is 0. The lowest BCUT2D eigenvalue weighted by Gasteiger charge is -2.15. The molecule has 6 N–H and O–H groups in total. The summed E-state index contributed by atoms with van der Waals surface area (Å²) < 4.78 is 5.07. The number of carboxylic acid groups (broad SMARTS) is 1. The predicted octanol–water partition coefficient (Wildman–Crippen LogP) is 1.22. The molecule has 12 heteroatoms. The Kier molecular flexibility index (Phi) is 12.8. The molecule has 2 aromatic carbocycles. The minimum atomic E-state index is -1.20. The maximum Gasteiger partial charge on any atom is 0.408 e. The Hall–Kier alpha value is -4.61. The summed E-state index contributed by atoms with van der Waals surface area (Å²) in [5.41, 5.74) is 1.45. The largest absolute Gasteiger partial charge is 0.508 e. The summed E-state index contributed by atoms with van der Waals surface area (Å²) in [7, 11) is 0. The van der Waals surface area contributed by atoms with E-state index in [1.165, 1.54) is 19.1 Å². The van der Waals surface area contributed by atoms with E-state index in [2.05, 4.69) is 21.3 Å². The number of phenols is 1. The SMILES string of the molecule is C[C@H](NC(=O)OCc1ccccc1)C(=O)NCCCC(=O)NCCC(=O)N[C@@H](Cc1ccc(O)cc1)C(=O)O. The molecule has 4 amide bonds. The molecule has 0 unspecified atom stereocenters. The second-order valence-electron chi connectivity index (χ2n) is 8.75. The number of hydrogen-bond acceptors (Lipinski definition) is 7. The summed E-state index contributed by atoms with van der Waals surface area (Å²) in [4.78, 5) is 59.6. The Balaban J connectivity index is 1.57. The second-order valence-corrected chi connectivity index (χ2v) is 8.75. The van der Waals surface area contributed by atoms with E-state index in [0.717, 1.165) is 5.56 Å². The highest BCUT2D eigenvalue weighted by molar-refractivity contribution is 5.85. The van der Waals surface area contributed by atoms with Crippen LogP contribution in [0.15, 0.2) is 54.6 Å². The number of aliphatic carboxylic acids is 1. The Morgan fingerprint density at radius 2 is 1.51 bits per heavy atom. The van der Waals surface area contributed by atoms with Crippen molar-refractivity contribution in [3.8, 4) is 5.75 Å². The third kappa shape index (κ3) is 12.5. The van der Waals surface area contributed by atoms with Crippen LogP contribution < -0.4 is 21.3 Å². The summed E-state index contributed by atoms with van der Waals surface area (Å²) in [6.45, 7) is 1.82. The molecular weight excluding hydrogens is 508 g/mol. The maximum atomic E-state index is 12.1. The van der Waals surface area contributed by atoms with Crippen molar-refractivity contribution in [3.63, 3.8) is 0 Å². The number of carbonyl (C=O) groups excluding carboxylic acids is 4.